The van der Waals surface area contributed by atoms with Crippen molar-refractivity contribution < 1.29 is 19.0 Å². The molecule has 2 atom stereocenters. The Labute approximate surface area is 210 Å². The van der Waals surface area contributed by atoms with Crippen molar-refractivity contribution in [1.29, 1.82) is 0 Å². The molecule has 5 rings (SSSR count). The van der Waals surface area contributed by atoms with E-state index >= 15 is 0 Å². The van der Waals surface area contributed by atoms with Crippen molar-refractivity contribution in [2.24, 2.45) is 0 Å². The number of nitrogens with zero attached hydrogens (tertiary/aromatic N) is 5. The molecule has 9 heteroatoms. The molecule has 0 bridgehead atoms. The lowest BCUT2D eigenvalue weighted by Crippen LogP contribution is -2.52. The van der Waals surface area contributed by atoms with Gasteiger partial charge in [-0.2, -0.15) is 0 Å². The SMILES string of the molecule is COC[C@@H]1C[C@@H](Oc2cccc3ccc(-c4nnc5ccccn45)nc23)CCN1C(=O)OC(C)(C)C. The van der Waals surface area contributed by atoms with Gasteiger partial charge in [-0.05, 0) is 45.0 Å². The summed E-state index contributed by atoms with van der Waals surface area (Å²) in [6, 6.07) is 15.5. The summed E-state index contributed by atoms with van der Waals surface area (Å²) in [6.45, 7) is 6.56. The first-order valence-corrected chi connectivity index (χ1v) is 12.2. The molecule has 0 saturated carbocycles. The molecule has 9 nitrogen and oxygen atoms in total. The number of carbonyl (C=O) groups is 1. The monoisotopic (exact) mass is 489 g/mol. The minimum absolute atomic E-state index is 0.0891. The van der Waals surface area contributed by atoms with E-state index in [-0.39, 0.29) is 18.2 Å². The van der Waals surface area contributed by atoms with Crippen LogP contribution in [0.5, 0.6) is 5.75 Å². The zero-order valence-corrected chi connectivity index (χ0v) is 21.0. The Bertz CT molecular complexity index is 1380. The molecule has 3 aromatic heterocycles. The number of para-hydroxylation sites is 1. The van der Waals surface area contributed by atoms with Gasteiger partial charge in [-0.15, -0.1) is 10.2 Å². The summed E-state index contributed by atoms with van der Waals surface area (Å²) in [7, 11) is 1.64. The number of fused-ring (bicyclic) bond motifs is 2. The molecule has 0 N–H and O–H groups in total. The molecular formula is C27H31N5O4. The van der Waals surface area contributed by atoms with Gasteiger partial charge >= 0.3 is 6.09 Å². The summed E-state index contributed by atoms with van der Waals surface area (Å²) >= 11 is 0. The minimum Gasteiger partial charge on any atom is -0.488 e. The zero-order chi connectivity index (χ0) is 25.3. The van der Waals surface area contributed by atoms with Gasteiger partial charge in [0.15, 0.2) is 11.5 Å². The molecule has 1 fully saturated rings. The van der Waals surface area contributed by atoms with Crippen molar-refractivity contribution in [1.82, 2.24) is 24.5 Å². The maximum Gasteiger partial charge on any atom is 0.410 e. The second kappa shape index (κ2) is 9.73. The fraction of sp³-hybridized carbons (Fsp3) is 0.407. The Morgan fingerprint density at radius 1 is 1.08 bits per heavy atom. The number of hydrogen-bond acceptors (Lipinski definition) is 7. The van der Waals surface area contributed by atoms with Gasteiger partial charge < -0.3 is 19.1 Å². The van der Waals surface area contributed by atoms with Crippen LogP contribution in [0, 0.1) is 0 Å². The van der Waals surface area contributed by atoms with E-state index < -0.39 is 5.60 Å². The first-order chi connectivity index (χ1) is 17.3. The van der Waals surface area contributed by atoms with Crippen LogP contribution in [0.1, 0.15) is 33.6 Å². The maximum absolute atomic E-state index is 12.8. The van der Waals surface area contributed by atoms with Crippen LogP contribution in [0.15, 0.2) is 54.7 Å². The Balaban J connectivity index is 1.39. The molecule has 36 heavy (non-hydrogen) atoms. The third-order valence-electron chi connectivity index (χ3n) is 6.17. The van der Waals surface area contributed by atoms with E-state index in [0.29, 0.717) is 43.3 Å². The lowest BCUT2D eigenvalue weighted by atomic mass is 10.00. The van der Waals surface area contributed by atoms with Crippen molar-refractivity contribution in [2.45, 2.75) is 51.4 Å². The molecule has 1 aliphatic rings. The summed E-state index contributed by atoms with van der Waals surface area (Å²) in [5.41, 5.74) is 1.69. The summed E-state index contributed by atoms with van der Waals surface area (Å²) < 4.78 is 19.4. The van der Waals surface area contributed by atoms with Gasteiger partial charge in [0.25, 0.3) is 0 Å². The van der Waals surface area contributed by atoms with E-state index in [4.69, 9.17) is 19.2 Å². The molecule has 1 amide bonds. The normalized spacial score (nSPS) is 18.5. The molecule has 4 heterocycles. The maximum atomic E-state index is 12.8. The lowest BCUT2D eigenvalue weighted by Gasteiger charge is -2.39. The number of rotatable bonds is 5. The Hall–Kier alpha value is -3.72. The van der Waals surface area contributed by atoms with Crippen molar-refractivity contribution in [3.63, 3.8) is 0 Å². The minimum atomic E-state index is -0.552. The number of aromatic nitrogens is 4. The van der Waals surface area contributed by atoms with Crippen LogP contribution in [0.3, 0.4) is 0 Å². The first kappa shape index (κ1) is 24.0. The highest BCUT2D eigenvalue weighted by Crippen LogP contribution is 2.31. The second-order valence-corrected chi connectivity index (χ2v) is 10.0. The second-order valence-electron chi connectivity index (χ2n) is 10.0. The van der Waals surface area contributed by atoms with Gasteiger partial charge in [0.2, 0.25) is 0 Å². The van der Waals surface area contributed by atoms with Gasteiger partial charge in [0, 0.05) is 38.1 Å². The standard InChI is InChI=1S/C27H31N5O4/c1-27(2,3)36-26(33)31-15-13-20(16-19(31)17-34-4)35-22-9-7-8-18-11-12-21(28-24(18)22)25-30-29-23-10-5-6-14-32(23)25/h5-12,14,19-20H,13,15-17H2,1-4H3/t19-,20-/m0/s1. The van der Waals surface area contributed by atoms with E-state index in [1.807, 2.05) is 79.9 Å². The number of pyridine rings is 2. The number of ether oxygens (including phenoxy) is 3. The molecule has 1 aromatic carbocycles. The van der Waals surface area contributed by atoms with Crippen LogP contribution in [-0.2, 0) is 9.47 Å². The molecule has 1 aliphatic heterocycles. The molecule has 4 aromatic rings. The van der Waals surface area contributed by atoms with Gasteiger partial charge in [-0.1, -0.05) is 24.3 Å². The summed E-state index contributed by atoms with van der Waals surface area (Å²) in [4.78, 5) is 19.4. The van der Waals surface area contributed by atoms with E-state index in [0.717, 1.165) is 16.6 Å². The summed E-state index contributed by atoms with van der Waals surface area (Å²) in [5, 5.41) is 9.57. The number of amides is 1. The Morgan fingerprint density at radius 3 is 2.75 bits per heavy atom. The molecular weight excluding hydrogens is 458 g/mol. The van der Waals surface area contributed by atoms with Gasteiger partial charge in [0.1, 0.15) is 28.7 Å². The zero-order valence-electron chi connectivity index (χ0n) is 21.0. The van der Waals surface area contributed by atoms with Gasteiger partial charge in [-0.3, -0.25) is 4.40 Å². The molecule has 0 unspecified atom stereocenters. The van der Waals surface area contributed by atoms with Crippen molar-refractivity contribution >= 4 is 22.6 Å². The smallest absolute Gasteiger partial charge is 0.410 e. The van der Waals surface area contributed by atoms with E-state index in [1.165, 1.54) is 0 Å². The fourth-order valence-corrected chi connectivity index (χ4v) is 4.57. The van der Waals surface area contributed by atoms with Crippen LogP contribution in [0.4, 0.5) is 4.79 Å². The number of carbonyl (C=O) groups excluding carboxylic acids is 1. The average Bonchev–Trinajstić information content (AvgIpc) is 3.28. The molecule has 188 valence electrons. The molecule has 0 radical (unpaired) electrons. The van der Waals surface area contributed by atoms with Crippen LogP contribution >= 0.6 is 0 Å². The largest absolute Gasteiger partial charge is 0.488 e. The predicted octanol–water partition coefficient (Wildman–Crippen LogP) is 4.74. The first-order valence-electron chi connectivity index (χ1n) is 12.2. The highest BCUT2D eigenvalue weighted by atomic mass is 16.6. The van der Waals surface area contributed by atoms with Crippen LogP contribution in [-0.4, -0.2) is 68.6 Å². The number of benzene rings is 1. The summed E-state index contributed by atoms with van der Waals surface area (Å²) in [6.07, 6.45) is 2.84. The Kier molecular flexibility index (Phi) is 6.49. The third kappa shape index (κ3) is 4.97. The van der Waals surface area contributed by atoms with E-state index in [2.05, 4.69) is 10.2 Å². The summed E-state index contributed by atoms with van der Waals surface area (Å²) in [5.74, 6) is 1.38. The van der Waals surface area contributed by atoms with Crippen LogP contribution in [0.2, 0.25) is 0 Å². The third-order valence-corrected chi connectivity index (χ3v) is 6.17. The molecule has 1 saturated heterocycles. The van der Waals surface area contributed by atoms with Gasteiger partial charge in [0.05, 0.1) is 12.6 Å². The van der Waals surface area contributed by atoms with Crippen LogP contribution < -0.4 is 4.74 Å². The van der Waals surface area contributed by atoms with Gasteiger partial charge in [-0.25, -0.2) is 9.78 Å². The fourth-order valence-electron chi connectivity index (χ4n) is 4.57. The number of piperidine rings is 1. The number of hydrogen-bond donors (Lipinski definition) is 0. The molecule has 0 aliphatic carbocycles. The highest BCUT2D eigenvalue weighted by Gasteiger charge is 2.35. The predicted molar refractivity (Wildman–Crippen MR) is 136 cm³/mol. The number of methoxy groups -OCH3 is 1. The van der Waals surface area contributed by atoms with E-state index in [1.54, 1.807) is 12.0 Å². The van der Waals surface area contributed by atoms with Crippen molar-refractivity contribution in [3.8, 4) is 17.3 Å². The van der Waals surface area contributed by atoms with Crippen molar-refractivity contribution in [3.05, 3.63) is 54.7 Å². The quantitative estimate of drug-likeness (QED) is 0.400. The molecule has 0 spiro atoms. The Morgan fingerprint density at radius 2 is 1.94 bits per heavy atom. The van der Waals surface area contributed by atoms with E-state index in [9.17, 15) is 4.79 Å². The average molecular weight is 490 g/mol. The van der Waals surface area contributed by atoms with Crippen molar-refractivity contribution in [2.75, 3.05) is 20.3 Å². The lowest BCUT2D eigenvalue weighted by molar-refractivity contribution is -0.0189. The van der Waals surface area contributed by atoms with Crippen LogP contribution in [0.25, 0.3) is 28.1 Å². The highest BCUT2D eigenvalue weighted by molar-refractivity contribution is 5.86. The number of likely N-dealkylation sites (tertiary alicyclic amines) is 1. The topological polar surface area (TPSA) is 91.1 Å².